The lowest BCUT2D eigenvalue weighted by Crippen LogP contribution is -2.53. The molecule has 0 aromatic carbocycles. The molecule has 2 amide bonds. The van der Waals surface area contributed by atoms with Crippen molar-refractivity contribution in [3.05, 3.63) is 23.2 Å². The number of aryl methyl sites for hydroxylation is 2. The van der Waals surface area contributed by atoms with E-state index in [2.05, 4.69) is 0 Å². The van der Waals surface area contributed by atoms with Gasteiger partial charge in [0.1, 0.15) is 18.1 Å². The van der Waals surface area contributed by atoms with Gasteiger partial charge in [-0.25, -0.2) is 4.79 Å². The number of hydrogen-bond acceptors (Lipinski definition) is 4. The number of carbonyl (C=O) groups excluding carboxylic acids is 2. The van der Waals surface area contributed by atoms with Crippen LogP contribution in [0.3, 0.4) is 0 Å². The average molecular weight is 264 g/mol. The first kappa shape index (κ1) is 12.1. The number of cyclic esters (lactones) is 1. The Hall–Kier alpha value is -1.98. The molecule has 2 fully saturated rings. The van der Waals surface area contributed by atoms with Crippen molar-refractivity contribution >= 4 is 12.0 Å². The third-order valence-corrected chi connectivity index (χ3v) is 3.68. The predicted octanol–water partition coefficient (Wildman–Crippen LogP) is 1.17. The van der Waals surface area contributed by atoms with Crippen molar-refractivity contribution in [3.63, 3.8) is 0 Å². The summed E-state index contributed by atoms with van der Waals surface area (Å²) in [6.07, 6.45) is -0.271. The van der Waals surface area contributed by atoms with Crippen molar-refractivity contribution in [2.24, 2.45) is 0 Å². The Morgan fingerprint density at radius 3 is 2.84 bits per heavy atom. The molecule has 2 aliphatic rings. The van der Waals surface area contributed by atoms with Crippen molar-refractivity contribution in [3.8, 4) is 0 Å². The Morgan fingerprint density at radius 1 is 1.37 bits per heavy atom. The highest BCUT2D eigenvalue weighted by molar-refractivity contribution is 5.95. The van der Waals surface area contributed by atoms with Crippen LogP contribution in [0.1, 0.15) is 21.9 Å². The Labute approximate surface area is 110 Å². The van der Waals surface area contributed by atoms with E-state index in [4.69, 9.17) is 9.15 Å². The second-order valence-electron chi connectivity index (χ2n) is 5.00. The molecule has 1 aromatic rings. The largest absolute Gasteiger partial charge is 0.466 e. The monoisotopic (exact) mass is 264 g/mol. The normalized spacial score (nSPS) is 22.4. The molecule has 0 bridgehead atoms. The molecule has 6 heteroatoms. The van der Waals surface area contributed by atoms with Crippen LogP contribution >= 0.6 is 0 Å². The van der Waals surface area contributed by atoms with Crippen LogP contribution in [0.2, 0.25) is 0 Å². The Morgan fingerprint density at radius 2 is 2.16 bits per heavy atom. The lowest BCUT2D eigenvalue weighted by atomic mass is 10.1. The van der Waals surface area contributed by atoms with Crippen LogP contribution in [0.15, 0.2) is 10.5 Å². The number of hydrogen-bond donors (Lipinski definition) is 0. The van der Waals surface area contributed by atoms with Crippen LogP contribution in [0.25, 0.3) is 0 Å². The Balaban J connectivity index is 1.75. The highest BCUT2D eigenvalue weighted by Gasteiger charge is 2.39. The second-order valence-corrected chi connectivity index (χ2v) is 5.00. The number of amides is 2. The average Bonchev–Trinajstić information content (AvgIpc) is 2.92. The molecule has 3 rings (SSSR count). The molecule has 6 nitrogen and oxygen atoms in total. The van der Waals surface area contributed by atoms with Gasteiger partial charge in [0.15, 0.2) is 0 Å². The minimum absolute atomic E-state index is 0.0153. The minimum atomic E-state index is -0.271. The zero-order valence-electron chi connectivity index (χ0n) is 11.0. The van der Waals surface area contributed by atoms with E-state index < -0.39 is 0 Å². The fourth-order valence-electron chi connectivity index (χ4n) is 2.69. The van der Waals surface area contributed by atoms with E-state index in [1.54, 1.807) is 22.8 Å². The second kappa shape index (κ2) is 4.29. The van der Waals surface area contributed by atoms with Crippen molar-refractivity contribution in [2.75, 3.05) is 26.2 Å². The molecule has 0 spiro atoms. The molecule has 1 aromatic heterocycles. The highest BCUT2D eigenvalue weighted by atomic mass is 16.6. The molecule has 0 N–H and O–H groups in total. The summed E-state index contributed by atoms with van der Waals surface area (Å²) in [7, 11) is 0. The van der Waals surface area contributed by atoms with Gasteiger partial charge < -0.3 is 14.1 Å². The standard InChI is InChI=1S/C13H16N2O4/c1-8-5-11(9(2)19-8)12(16)14-3-4-15-10(6-14)7-18-13(15)17/h5,10H,3-4,6-7H2,1-2H3. The molecular weight excluding hydrogens is 248 g/mol. The van der Waals surface area contributed by atoms with E-state index in [9.17, 15) is 9.59 Å². The van der Waals surface area contributed by atoms with Gasteiger partial charge >= 0.3 is 6.09 Å². The van der Waals surface area contributed by atoms with E-state index in [1.807, 2.05) is 6.92 Å². The van der Waals surface area contributed by atoms with Crippen LogP contribution in [-0.2, 0) is 4.74 Å². The molecular formula is C13H16N2O4. The van der Waals surface area contributed by atoms with Crippen LogP contribution in [-0.4, -0.2) is 54.1 Å². The third kappa shape index (κ3) is 1.97. The van der Waals surface area contributed by atoms with Gasteiger partial charge in [-0.05, 0) is 19.9 Å². The summed E-state index contributed by atoms with van der Waals surface area (Å²) in [5.41, 5.74) is 0.608. The number of carbonyl (C=O) groups is 2. The maximum Gasteiger partial charge on any atom is 0.410 e. The van der Waals surface area contributed by atoms with E-state index in [0.717, 1.165) is 5.76 Å². The van der Waals surface area contributed by atoms with Crippen LogP contribution in [0, 0.1) is 13.8 Å². The Kier molecular flexibility index (Phi) is 2.73. The first-order valence-corrected chi connectivity index (χ1v) is 6.36. The van der Waals surface area contributed by atoms with Crippen LogP contribution < -0.4 is 0 Å². The van der Waals surface area contributed by atoms with Gasteiger partial charge in [-0.2, -0.15) is 0 Å². The van der Waals surface area contributed by atoms with Crippen molar-refractivity contribution in [2.45, 2.75) is 19.9 Å². The first-order chi connectivity index (χ1) is 9.06. The number of fused-ring (bicyclic) bond motifs is 1. The summed E-state index contributed by atoms with van der Waals surface area (Å²) >= 11 is 0. The maximum atomic E-state index is 12.4. The summed E-state index contributed by atoms with van der Waals surface area (Å²) in [4.78, 5) is 27.3. The maximum absolute atomic E-state index is 12.4. The molecule has 2 aliphatic heterocycles. The molecule has 3 heterocycles. The third-order valence-electron chi connectivity index (χ3n) is 3.68. The quantitative estimate of drug-likeness (QED) is 0.764. The zero-order valence-corrected chi connectivity index (χ0v) is 11.0. The SMILES string of the molecule is Cc1cc(C(=O)N2CCN3C(=O)OCC3C2)c(C)o1. The van der Waals surface area contributed by atoms with Crippen molar-refractivity contribution < 1.29 is 18.7 Å². The molecule has 1 unspecified atom stereocenters. The lowest BCUT2D eigenvalue weighted by molar-refractivity contribution is 0.0615. The van der Waals surface area contributed by atoms with Gasteiger partial charge in [0.05, 0.1) is 11.6 Å². The number of furan rings is 1. The van der Waals surface area contributed by atoms with Crippen molar-refractivity contribution in [1.29, 1.82) is 0 Å². The first-order valence-electron chi connectivity index (χ1n) is 6.36. The topological polar surface area (TPSA) is 63.0 Å². The van der Waals surface area contributed by atoms with Gasteiger partial charge in [0, 0.05) is 19.6 Å². The number of rotatable bonds is 1. The molecule has 0 aliphatic carbocycles. The smallest absolute Gasteiger partial charge is 0.410 e. The fourth-order valence-corrected chi connectivity index (χ4v) is 2.69. The summed E-state index contributed by atoms with van der Waals surface area (Å²) in [6, 6.07) is 1.75. The van der Waals surface area contributed by atoms with E-state index in [-0.39, 0.29) is 18.0 Å². The fraction of sp³-hybridized carbons (Fsp3) is 0.538. The zero-order chi connectivity index (χ0) is 13.6. The number of nitrogens with zero attached hydrogens (tertiary/aromatic N) is 2. The van der Waals surface area contributed by atoms with Gasteiger partial charge in [-0.3, -0.25) is 9.69 Å². The van der Waals surface area contributed by atoms with E-state index in [1.165, 1.54) is 0 Å². The molecule has 19 heavy (non-hydrogen) atoms. The highest BCUT2D eigenvalue weighted by Crippen LogP contribution is 2.21. The van der Waals surface area contributed by atoms with Crippen molar-refractivity contribution in [1.82, 2.24) is 9.80 Å². The van der Waals surface area contributed by atoms with Crippen LogP contribution in [0.5, 0.6) is 0 Å². The van der Waals surface area contributed by atoms with E-state index in [0.29, 0.717) is 37.6 Å². The summed E-state index contributed by atoms with van der Waals surface area (Å²) in [5, 5.41) is 0. The minimum Gasteiger partial charge on any atom is -0.466 e. The van der Waals surface area contributed by atoms with Gasteiger partial charge in [0.25, 0.3) is 5.91 Å². The van der Waals surface area contributed by atoms with Gasteiger partial charge in [0.2, 0.25) is 0 Å². The molecule has 1 atom stereocenters. The number of piperazine rings is 1. The molecule has 0 radical (unpaired) electrons. The summed E-state index contributed by atoms with van der Waals surface area (Å²) < 4.78 is 10.4. The Bertz CT molecular complexity index is 537. The molecule has 102 valence electrons. The van der Waals surface area contributed by atoms with Crippen LogP contribution in [0.4, 0.5) is 4.79 Å². The van der Waals surface area contributed by atoms with E-state index >= 15 is 0 Å². The summed E-state index contributed by atoms with van der Waals surface area (Å²) in [6.45, 7) is 5.57. The lowest BCUT2D eigenvalue weighted by Gasteiger charge is -2.35. The molecule has 0 saturated carbocycles. The number of ether oxygens (including phenoxy) is 1. The molecule has 2 saturated heterocycles. The van der Waals surface area contributed by atoms with Gasteiger partial charge in [-0.1, -0.05) is 0 Å². The van der Waals surface area contributed by atoms with Gasteiger partial charge in [-0.15, -0.1) is 0 Å². The summed E-state index contributed by atoms with van der Waals surface area (Å²) in [5.74, 6) is 1.34. The predicted molar refractivity (Wildman–Crippen MR) is 65.9 cm³/mol.